The minimum atomic E-state index is -0.965. The smallest absolute Gasteiger partial charge is 0.335 e. The number of nitrogens with one attached hydrogen (secondary N) is 1. The maximum Gasteiger partial charge on any atom is 0.335 e. The Bertz CT molecular complexity index is 2160. The van der Waals surface area contributed by atoms with E-state index in [1.165, 1.54) is 5.56 Å². The van der Waals surface area contributed by atoms with E-state index in [0.29, 0.717) is 6.61 Å². The average molecular weight is 615 g/mol. The van der Waals surface area contributed by atoms with Crippen LogP contribution < -0.4 is 5.32 Å². The molecular formula is C40H30N4O3. The molecule has 0 amide bonds. The Morgan fingerprint density at radius 1 is 0.723 bits per heavy atom. The van der Waals surface area contributed by atoms with Crippen molar-refractivity contribution in [1.29, 1.82) is 0 Å². The van der Waals surface area contributed by atoms with Gasteiger partial charge < -0.3 is 15.3 Å². The number of aromatic carboxylic acids is 1. The largest absolute Gasteiger partial charge is 0.478 e. The van der Waals surface area contributed by atoms with E-state index in [-0.39, 0.29) is 5.56 Å². The standard InChI is InChI=1S/C40H30N4O3/c45-40(46)34-19-21-36(22-20-34)42-39-38(43-37-25-35(23-24-44(37)39)31-9-5-2-6-10-31)33-17-13-29(14-18-33)27-47-41-26-28-11-15-32(16-12-28)30-7-3-1-4-8-30/h1-26,42H,27H2,(H,45,46)/b41-26+. The van der Waals surface area contributed by atoms with Crippen LogP contribution in [0.15, 0.2) is 157 Å². The van der Waals surface area contributed by atoms with Gasteiger partial charge in [-0.25, -0.2) is 9.78 Å². The summed E-state index contributed by atoms with van der Waals surface area (Å²) in [5.74, 6) is -0.192. The summed E-state index contributed by atoms with van der Waals surface area (Å²) in [6.45, 7) is 0.325. The number of pyridine rings is 1. The fraction of sp³-hybridized carbons (Fsp3) is 0.0250. The van der Waals surface area contributed by atoms with Gasteiger partial charge >= 0.3 is 5.97 Å². The van der Waals surface area contributed by atoms with Gasteiger partial charge in [-0.1, -0.05) is 114 Å². The summed E-state index contributed by atoms with van der Waals surface area (Å²) in [7, 11) is 0. The Balaban J connectivity index is 1.10. The molecule has 0 aliphatic heterocycles. The van der Waals surface area contributed by atoms with Crippen molar-refractivity contribution in [1.82, 2.24) is 9.38 Å². The van der Waals surface area contributed by atoms with Crippen molar-refractivity contribution in [2.45, 2.75) is 6.61 Å². The molecule has 0 saturated heterocycles. The van der Waals surface area contributed by atoms with E-state index >= 15 is 0 Å². The third kappa shape index (κ3) is 6.65. The van der Waals surface area contributed by atoms with Gasteiger partial charge in [0.05, 0.1) is 11.8 Å². The number of fused-ring (bicyclic) bond motifs is 1. The average Bonchev–Trinajstić information content (AvgIpc) is 3.49. The normalized spacial score (nSPS) is 11.1. The Morgan fingerprint density at radius 3 is 2.00 bits per heavy atom. The van der Waals surface area contributed by atoms with Crippen molar-refractivity contribution in [2.24, 2.45) is 5.16 Å². The molecule has 7 aromatic rings. The number of carboxylic acid groups (broad SMARTS) is 1. The second-order valence-corrected chi connectivity index (χ2v) is 11.0. The van der Waals surface area contributed by atoms with Crippen LogP contribution in [0.25, 0.3) is 39.2 Å². The Morgan fingerprint density at radius 2 is 1.34 bits per heavy atom. The summed E-state index contributed by atoms with van der Waals surface area (Å²) < 4.78 is 2.00. The van der Waals surface area contributed by atoms with Crippen LogP contribution in [-0.2, 0) is 11.4 Å². The molecule has 5 aromatic carbocycles. The van der Waals surface area contributed by atoms with Crippen molar-refractivity contribution in [3.8, 4) is 33.5 Å². The van der Waals surface area contributed by atoms with E-state index in [9.17, 15) is 9.90 Å². The Kier molecular flexibility index (Phi) is 8.25. The molecule has 0 aliphatic carbocycles. The zero-order valence-electron chi connectivity index (χ0n) is 25.3. The number of hydrogen-bond acceptors (Lipinski definition) is 5. The highest BCUT2D eigenvalue weighted by Crippen LogP contribution is 2.33. The molecule has 0 atom stereocenters. The molecule has 47 heavy (non-hydrogen) atoms. The molecule has 7 heteroatoms. The van der Waals surface area contributed by atoms with E-state index in [0.717, 1.165) is 56.2 Å². The molecule has 0 aliphatic rings. The number of hydrogen-bond donors (Lipinski definition) is 2. The predicted molar refractivity (Wildman–Crippen MR) is 187 cm³/mol. The summed E-state index contributed by atoms with van der Waals surface area (Å²) in [5.41, 5.74) is 9.87. The summed E-state index contributed by atoms with van der Waals surface area (Å²) in [6.07, 6.45) is 3.71. The van der Waals surface area contributed by atoms with Gasteiger partial charge in [-0.2, -0.15) is 0 Å². The first-order valence-corrected chi connectivity index (χ1v) is 15.2. The molecule has 2 aromatic heterocycles. The maximum absolute atomic E-state index is 11.4. The van der Waals surface area contributed by atoms with Crippen molar-refractivity contribution in [3.05, 3.63) is 168 Å². The molecule has 0 spiro atoms. The number of aromatic nitrogens is 2. The number of anilines is 2. The van der Waals surface area contributed by atoms with Gasteiger partial charge in [0, 0.05) is 17.4 Å². The van der Waals surface area contributed by atoms with Crippen LogP contribution in [0.2, 0.25) is 0 Å². The second-order valence-electron chi connectivity index (χ2n) is 11.0. The fourth-order valence-corrected chi connectivity index (χ4v) is 5.37. The van der Waals surface area contributed by atoms with Gasteiger partial charge in [0.2, 0.25) is 0 Å². The van der Waals surface area contributed by atoms with Crippen LogP contribution in [0.5, 0.6) is 0 Å². The number of carbonyl (C=O) groups is 1. The summed E-state index contributed by atoms with van der Waals surface area (Å²) in [5, 5.41) is 17.0. The number of benzene rings is 5. The lowest BCUT2D eigenvalue weighted by atomic mass is 10.0. The lowest BCUT2D eigenvalue weighted by Crippen LogP contribution is -1.99. The van der Waals surface area contributed by atoms with Gasteiger partial charge in [0.15, 0.2) is 0 Å². The van der Waals surface area contributed by atoms with Crippen molar-refractivity contribution < 1.29 is 14.7 Å². The summed E-state index contributed by atoms with van der Waals surface area (Å²) in [6, 6.07) is 47.5. The first kappa shape index (κ1) is 29.3. The summed E-state index contributed by atoms with van der Waals surface area (Å²) in [4.78, 5) is 22.0. The van der Waals surface area contributed by atoms with E-state index in [1.807, 2.05) is 83.4 Å². The van der Waals surface area contributed by atoms with Crippen molar-refractivity contribution in [3.63, 3.8) is 0 Å². The van der Waals surface area contributed by atoms with Crippen molar-refractivity contribution >= 4 is 29.3 Å². The van der Waals surface area contributed by atoms with E-state index < -0.39 is 5.97 Å². The van der Waals surface area contributed by atoms with E-state index in [2.05, 4.69) is 59.0 Å². The van der Waals surface area contributed by atoms with Gasteiger partial charge in [-0.15, -0.1) is 0 Å². The van der Waals surface area contributed by atoms with Crippen LogP contribution in [0.3, 0.4) is 0 Å². The minimum Gasteiger partial charge on any atom is -0.478 e. The van der Waals surface area contributed by atoms with Crippen LogP contribution in [0.4, 0.5) is 11.5 Å². The molecule has 0 fully saturated rings. The van der Waals surface area contributed by atoms with Crippen LogP contribution >= 0.6 is 0 Å². The van der Waals surface area contributed by atoms with E-state index in [1.54, 1.807) is 30.5 Å². The first-order valence-electron chi connectivity index (χ1n) is 15.2. The van der Waals surface area contributed by atoms with Crippen LogP contribution in [0, 0.1) is 0 Å². The molecular weight excluding hydrogens is 584 g/mol. The van der Waals surface area contributed by atoms with Crippen molar-refractivity contribution in [2.75, 3.05) is 5.32 Å². The number of nitrogens with zero attached hydrogens (tertiary/aromatic N) is 3. The van der Waals surface area contributed by atoms with Gasteiger partial charge in [-0.3, -0.25) is 4.40 Å². The zero-order chi connectivity index (χ0) is 32.0. The molecule has 7 nitrogen and oxygen atoms in total. The maximum atomic E-state index is 11.4. The number of rotatable bonds is 10. The van der Waals surface area contributed by atoms with Gasteiger partial charge in [-0.05, 0) is 69.8 Å². The Labute approximate surface area is 272 Å². The number of oxime groups is 1. The third-order valence-electron chi connectivity index (χ3n) is 7.88. The molecule has 2 heterocycles. The molecule has 7 rings (SSSR count). The first-order chi connectivity index (χ1) is 23.1. The minimum absolute atomic E-state index is 0.226. The monoisotopic (exact) mass is 614 g/mol. The zero-order valence-corrected chi connectivity index (χ0v) is 25.3. The quantitative estimate of drug-likeness (QED) is 0.118. The van der Waals surface area contributed by atoms with Gasteiger partial charge in [0.1, 0.15) is 23.8 Å². The molecule has 2 N–H and O–H groups in total. The topological polar surface area (TPSA) is 88.2 Å². The molecule has 0 saturated carbocycles. The highest BCUT2D eigenvalue weighted by atomic mass is 16.6. The number of carboxylic acids is 1. The fourth-order valence-electron chi connectivity index (χ4n) is 5.37. The molecule has 0 radical (unpaired) electrons. The van der Waals surface area contributed by atoms with E-state index in [4.69, 9.17) is 9.82 Å². The van der Waals surface area contributed by atoms with Gasteiger partial charge in [0.25, 0.3) is 0 Å². The highest BCUT2D eigenvalue weighted by Gasteiger charge is 2.16. The highest BCUT2D eigenvalue weighted by molar-refractivity contribution is 5.88. The number of imidazole rings is 1. The van der Waals surface area contributed by atoms with Crippen LogP contribution in [-0.4, -0.2) is 26.7 Å². The molecule has 0 bridgehead atoms. The molecule has 0 unspecified atom stereocenters. The molecule has 228 valence electrons. The lowest BCUT2D eigenvalue weighted by molar-refractivity contribution is 0.0697. The second kappa shape index (κ2) is 13.3. The third-order valence-corrected chi connectivity index (χ3v) is 7.88. The predicted octanol–water partition coefficient (Wildman–Crippen LogP) is 9.33. The summed E-state index contributed by atoms with van der Waals surface area (Å²) >= 11 is 0. The lowest BCUT2D eigenvalue weighted by Gasteiger charge is -2.10. The SMILES string of the molecule is O=C(O)c1ccc(Nc2c(-c3ccc(CO/N=C/c4ccc(-c5ccccc5)cc4)cc3)nc3cc(-c4ccccc4)ccn23)cc1. The van der Waals surface area contributed by atoms with Crippen LogP contribution in [0.1, 0.15) is 21.5 Å². The Hall–Kier alpha value is -6.47.